The van der Waals surface area contributed by atoms with Crippen LogP contribution >= 0.6 is 0 Å². The topological polar surface area (TPSA) is 97.2 Å². The number of aromatic nitrogens is 2. The molecular weight excluding hydrogens is 468 g/mol. The summed E-state index contributed by atoms with van der Waals surface area (Å²) in [5.41, 5.74) is 3.09. The largest absolute Gasteiger partial charge is 0.508 e. The van der Waals surface area contributed by atoms with E-state index in [9.17, 15) is 10.2 Å². The van der Waals surface area contributed by atoms with Gasteiger partial charge in [0.2, 0.25) is 0 Å². The van der Waals surface area contributed by atoms with E-state index in [1.165, 1.54) is 0 Å². The zero-order valence-electron chi connectivity index (χ0n) is 21.6. The van der Waals surface area contributed by atoms with Gasteiger partial charge < -0.3 is 30.1 Å². The third kappa shape index (κ3) is 5.34. The van der Waals surface area contributed by atoms with Crippen molar-refractivity contribution in [3.05, 3.63) is 60.3 Å². The van der Waals surface area contributed by atoms with Crippen LogP contribution in [0.4, 0.5) is 11.5 Å². The molecule has 2 aliphatic rings. The van der Waals surface area contributed by atoms with Crippen LogP contribution in [-0.2, 0) is 13.0 Å². The van der Waals surface area contributed by atoms with Gasteiger partial charge in [0.1, 0.15) is 23.9 Å². The monoisotopic (exact) mass is 504 g/mol. The van der Waals surface area contributed by atoms with E-state index in [1.807, 2.05) is 43.1 Å². The second kappa shape index (κ2) is 10.9. The van der Waals surface area contributed by atoms with E-state index in [4.69, 9.17) is 14.7 Å². The molecule has 2 atom stereocenters. The van der Waals surface area contributed by atoms with Crippen LogP contribution in [0, 0.1) is 0 Å². The molecule has 2 aromatic carbocycles. The first-order valence-corrected chi connectivity index (χ1v) is 12.9. The Morgan fingerprint density at radius 2 is 1.89 bits per heavy atom. The standard InChI is InChI=1S/C28H36N6O3/c1-4-26(36)32-11-13-33(14-12-32)27-23-9-10-34(18-24(23)30-28(31-27)37-19(2)17-29-3)25-16-21(35)15-20-7-5-6-8-22(20)25/h4-8,15-16,19,26,29,35-36H,1,9-14,17-18H2,2-3H3. The molecule has 2 unspecified atom stereocenters. The number of fused-ring (bicyclic) bond motifs is 2. The molecule has 0 saturated carbocycles. The number of phenolic OH excluding ortho intramolecular Hbond substituents is 1. The number of aromatic hydroxyl groups is 1. The maximum atomic E-state index is 10.4. The molecule has 37 heavy (non-hydrogen) atoms. The van der Waals surface area contributed by atoms with Gasteiger partial charge in [0.15, 0.2) is 0 Å². The van der Waals surface area contributed by atoms with Gasteiger partial charge in [-0.3, -0.25) is 4.90 Å². The molecule has 196 valence electrons. The highest BCUT2D eigenvalue weighted by Crippen LogP contribution is 2.36. The number of aliphatic hydroxyl groups excluding tert-OH is 1. The highest BCUT2D eigenvalue weighted by atomic mass is 16.5. The molecule has 9 nitrogen and oxygen atoms in total. The molecule has 0 spiro atoms. The quantitative estimate of drug-likeness (QED) is 0.400. The summed E-state index contributed by atoms with van der Waals surface area (Å²) in [6.45, 7) is 10.7. The number of rotatable bonds is 8. The fourth-order valence-corrected chi connectivity index (χ4v) is 5.30. The van der Waals surface area contributed by atoms with E-state index in [0.717, 1.165) is 72.7 Å². The first-order valence-electron chi connectivity index (χ1n) is 12.9. The van der Waals surface area contributed by atoms with Crippen LogP contribution in [0.1, 0.15) is 18.2 Å². The first kappa shape index (κ1) is 25.3. The van der Waals surface area contributed by atoms with Crippen molar-refractivity contribution in [1.29, 1.82) is 0 Å². The van der Waals surface area contributed by atoms with Crippen molar-refractivity contribution in [2.45, 2.75) is 32.2 Å². The average molecular weight is 505 g/mol. The third-order valence-electron chi connectivity index (χ3n) is 7.19. The Labute approximate surface area is 218 Å². The SMILES string of the molecule is C=CC(O)N1CCN(c2nc(OC(C)CNC)nc3c2CCN(c2cc(O)cc4ccccc24)C3)CC1. The molecule has 1 aromatic heterocycles. The first-order chi connectivity index (χ1) is 18.0. The van der Waals surface area contributed by atoms with Crippen LogP contribution in [0.3, 0.4) is 0 Å². The Morgan fingerprint density at radius 3 is 2.65 bits per heavy atom. The summed E-state index contributed by atoms with van der Waals surface area (Å²) in [5, 5.41) is 25.8. The van der Waals surface area contributed by atoms with Crippen LogP contribution in [0.2, 0.25) is 0 Å². The Kier molecular flexibility index (Phi) is 7.45. The van der Waals surface area contributed by atoms with Crippen LogP contribution in [0.25, 0.3) is 10.8 Å². The van der Waals surface area contributed by atoms with Crippen LogP contribution < -0.4 is 19.9 Å². The number of aliphatic hydroxyl groups is 1. The fourth-order valence-electron chi connectivity index (χ4n) is 5.30. The van der Waals surface area contributed by atoms with E-state index in [2.05, 4.69) is 27.8 Å². The highest BCUT2D eigenvalue weighted by molar-refractivity contribution is 5.95. The van der Waals surface area contributed by atoms with Gasteiger partial charge in [0, 0.05) is 62.0 Å². The van der Waals surface area contributed by atoms with Crippen molar-refractivity contribution in [3.8, 4) is 11.8 Å². The van der Waals surface area contributed by atoms with Gasteiger partial charge in [-0.2, -0.15) is 9.97 Å². The predicted molar refractivity (Wildman–Crippen MR) is 146 cm³/mol. The molecule has 0 amide bonds. The molecule has 9 heteroatoms. The molecule has 2 aliphatic heterocycles. The van der Waals surface area contributed by atoms with Gasteiger partial charge in [0.25, 0.3) is 0 Å². The average Bonchev–Trinajstić information content (AvgIpc) is 2.91. The Bertz CT molecular complexity index is 1260. The van der Waals surface area contributed by atoms with E-state index in [1.54, 1.807) is 12.1 Å². The van der Waals surface area contributed by atoms with Gasteiger partial charge in [0.05, 0.1) is 12.2 Å². The van der Waals surface area contributed by atoms with Gasteiger partial charge in [-0.05, 0) is 37.9 Å². The molecule has 3 N–H and O–H groups in total. The molecule has 0 bridgehead atoms. The summed E-state index contributed by atoms with van der Waals surface area (Å²) in [5.74, 6) is 1.18. The van der Waals surface area contributed by atoms with Crippen molar-refractivity contribution in [2.24, 2.45) is 0 Å². The van der Waals surface area contributed by atoms with Gasteiger partial charge in [-0.15, -0.1) is 0 Å². The van der Waals surface area contributed by atoms with E-state index < -0.39 is 6.23 Å². The normalized spacial score (nSPS) is 17.9. The lowest BCUT2D eigenvalue weighted by atomic mass is 10.0. The maximum absolute atomic E-state index is 10.4. The van der Waals surface area contributed by atoms with Crippen LogP contribution in [0.5, 0.6) is 11.8 Å². The maximum Gasteiger partial charge on any atom is 0.318 e. The minimum Gasteiger partial charge on any atom is -0.508 e. The van der Waals surface area contributed by atoms with Gasteiger partial charge in [-0.1, -0.05) is 30.8 Å². The highest BCUT2D eigenvalue weighted by Gasteiger charge is 2.29. The van der Waals surface area contributed by atoms with E-state index >= 15 is 0 Å². The molecular formula is C28H36N6O3. The molecule has 3 aromatic rings. The number of likely N-dealkylation sites (N-methyl/N-ethyl adjacent to an activating group) is 1. The van der Waals surface area contributed by atoms with Crippen LogP contribution in [0.15, 0.2) is 49.1 Å². The Balaban J connectivity index is 1.47. The summed E-state index contributed by atoms with van der Waals surface area (Å²) in [6, 6.07) is 12.2. The van der Waals surface area contributed by atoms with E-state index in [-0.39, 0.29) is 11.9 Å². The lowest BCUT2D eigenvalue weighted by Gasteiger charge is -2.39. The van der Waals surface area contributed by atoms with Crippen molar-refractivity contribution >= 4 is 22.3 Å². The molecule has 1 fully saturated rings. The lowest BCUT2D eigenvalue weighted by Crippen LogP contribution is -2.50. The minimum absolute atomic E-state index is 0.0785. The molecule has 3 heterocycles. The molecule has 1 saturated heterocycles. The number of nitrogens with one attached hydrogen (secondary N) is 1. The van der Waals surface area contributed by atoms with Gasteiger partial charge >= 0.3 is 6.01 Å². The number of piperazine rings is 1. The van der Waals surface area contributed by atoms with Crippen molar-refractivity contribution in [3.63, 3.8) is 0 Å². The van der Waals surface area contributed by atoms with Crippen molar-refractivity contribution < 1.29 is 14.9 Å². The van der Waals surface area contributed by atoms with Crippen LogP contribution in [-0.4, -0.2) is 83.7 Å². The number of hydrogen-bond donors (Lipinski definition) is 3. The third-order valence-corrected chi connectivity index (χ3v) is 7.19. The summed E-state index contributed by atoms with van der Waals surface area (Å²) in [6.07, 6.45) is 1.65. The second-order valence-electron chi connectivity index (χ2n) is 9.77. The molecule has 5 rings (SSSR count). The number of nitrogens with zero attached hydrogens (tertiary/aromatic N) is 5. The van der Waals surface area contributed by atoms with Crippen molar-refractivity contribution in [1.82, 2.24) is 20.2 Å². The Morgan fingerprint density at radius 1 is 1.11 bits per heavy atom. The fraction of sp³-hybridized carbons (Fsp3) is 0.429. The van der Waals surface area contributed by atoms with Gasteiger partial charge in [-0.25, -0.2) is 0 Å². The number of phenols is 1. The number of hydrogen-bond acceptors (Lipinski definition) is 9. The summed E-state index contributed by atoms with van der Waals surface area (Å²) >= 11 is 0. The van der Waals surface area contributed by atoms with Crippen molar-refractivity contribution in [2.75, 3.05) is 56.1 Å². The molecule has 0 aliphatic carbocycles. The Hall–Kier alpha value is -3.40. The zero-order chi connectivity index (χ0) is 25.9. The van der Waals surface area contributed by atoms with E-state index in [0.29, 0.717) is 19.1 Å². The predicted octanol–water partition coefficient (Wildman–Crippen LogP) is 2.51. The molecule has 0 radical (unpaired) electrons. The second-order valence-corrected chi connectivity index (χ2v) is 9.77. The number of benzene rings is 2. The smallest absolute Gasteiger partial charge is 0.318 e. The number of anilines is 2. The lowest BCUT2D eigenvalue weighted by molar-refractivity contribution is 0.0379. The summed E-state index contributed by atoms with van der Waals surface area (Å²) < 4.78 is 6.13. The number of ether oxygens (including phenoxy) is 1. The zero-order valence-corrected chi connectivity index (χ0v) is 21.6. The summed E-state index contributed by atoms with van der Waals surface area (Å²) in [4.78, 5) is 16.3. The minimum atomic E-state index is -0.631. The summed E-state index contributed by atoms with van der Waals surface area (Å²) in [7, 11) is 1.90.